The molecule has 4 N–H and O–H groups in total. The largest absolute Gasteiger partial charge is 0.507 e. The standard InChI is InChI=1S/C24H28N4O4/c29-8-9-32-18-7-6-15-13-28(14-16(15)10-18)24(31)20-11-19-21(12-22(20)30)26-27-23(19)25-17-4-2-1-3-5-17/h6-7,10-12,17,29-30H,1-5,8-9,13-14H2,(H2,25,26,27). The molecule has 1 aliphatic carbocycles. The van der Waals surface area contributed by atoms with Crippen LogP contribution in [0.25, 0.3) is 10.9 Å². The minimum atomic E-state index is -0.219. The Kier molecular flexibility index (Phi) is 5.61. The van der Waals surface area contributed by atoms with Crippen LogP contribution in [0.15, 0.2) is 30.3 Å². The molecule has 1 aromatic heterocycles. The zero-order valence-electron chi connectivity index (χ0n) is 17.9. The lowest BCUT2D eigenvalue weighted by molar-refractivity contribution is 0.0748. The number of aromatic nitrogens is 2. The average molecular weight is 437 g/mol. The van der Waals surface area contributed by atoms with Gasteiger partial charge in [-0.2, -0.15) is 5.10 Å². The zero-order chi connectivity index (χ0) is 22.1. The molecule has 168 valence electrons. The molecule has 2 aliphatic rings. The van der Waals surface area contributed by atoms with E-state index in [2.05, 4.69) is 15.5 Å². The van der Waals surface area contributed by atoms with Crippen molar-refractivity contribution < 1.29 is 19.7 Å². The van der Waals surface area contributed by atoms with Crippen molar-refractivity contribution in [2.75, 3.05) is 18.5 Å². The minimum Gasteiger partial charge on any atom is -0.507 e. The normalized spacial score (nSPS) is 16.3. The number of anilines is 1. The third kappa shape index (κ3) is 3.98. The summed E-state index contributed by atoms with van der Waals surface area (Å²) in [5.74, 6) is 1.13. The van der Waals surface area contributed by atoms with E-state index in [0.29, 0.717) is 30.4 Å². The summed E-state index contributed by atoms with van der Waals surface area (Å²) >= 11 is 0. The molecule has 2 aromatic carbocycles. The van der Waals surface area contributed by atoms with E-state index < -0.39 is 0 Å². The van der Waals surface area contributed by atoms with Gasteiger partial charge in [0.1, 0.15) is 18.1 Å². The van der Waals surface area contributed by atoms with Crippen molar-refractivity contribution in [2.24, 2.45) is 0 Å². The number of benzene rings is 2. The molecule has 0 saturated heterocycles. The van der Waals surface area contributed by atoms with E-state index in [1.165, 1.54) is 19.3 Å². The fourth-order valence-corrected chi connectivity index (χ4v) is 4.71. The van der Waals surface area contributed by atoms with Crippen LogP contribution in [0.3, 0.4) is 0 Å². The van der Waals surface area contributed by atoms with Gasteiger partial charge >= 0.3 is 0 Å². The Morgan fingerprint density at radius 2 is 1.97 bits per heavy atom. The Labute approximate surface area is 186 Å². The van der Waals surface area contributed by atoms with Crippen molar-refractivity contribution in [2.45, 2.75) is 51.2 Å². The molecular formula is C24H28N4O4. The molecule has 2 heterocycles. The quantitative estimate of drug-likeness (QED) is 0.470. The molecule has 32 heavy (non-hydrogen) atoms. The fraction of sp³-hybridized carbons (Fsp3) is 0.417. The number of phenolic OH excluding ortho intramolecular Hbond substituents is 1. The Hall–Kier alpha value is -3.26. The number of phenols is 1. The number of ether oxygens (including phenoxy) is 1. The third-order valence-corrected chi connectivity index (χ3v) is 6.40. The second-order valence-corrected chi connectivity index (χ2v) is 8.63. The predicted molar refractivity (Wildman–Crippen MR) is 121 cm³/mol. The fourth-order valence-electron chi connectivity index (χ4n) is 4.71. The van der Waals surface area contributed by atoms with Crippen molar-refractivity contribution in [1.82, 2.24) is 15.1 Å². The summed E-state index contributed by atoms with van der Waals surface area (Å²) in [6.07, 6.45) is 5.95. The number of aliphatic hydroxyl groups is 1. The van der Waals surface area contributed by atoms with Gasteiger partial charge in [-0.25, -0.2) is 0 Å². The topological polar surface area (TPSA) is 111 Å². The number of aromatic amines is 1. The summed E-state index contributed by atoms with van der Waals surface area (Å²) in [5, 5.41) is 31.2. The molecule has 1 aliphatic heterocycles. The molecule has 0 radical (unpaired) electrons. The van der Waals surface area contributed by atoms with Crippen LogP contribution in [-0.2, 0) is 13.1 Å². The van der Waals surface area contributed by atoms with Gasteiger partial charge in [-0.05, 0) is 42.2 Å². The highest BCUT2D eigenvalue weighted by molar-refractivity contribution is 6.03. The second-order valence-electron chi connectivity index (χ2n) is 8.63. The Morgan fingerprint density at radius 3 is 2.78 bits per heavy atom. The lowest BCUT2D eigenvalue weighted by Gasteiger charge is -2.22. The van der Waals surface area contributed by atoms with Crippen LogP contribution in [-0.4, -0.2) is 50.5 Å². The Morgan fingerprint density at radius 1 is 1.16 bits per heavy atom. The predicted octanol–water partition coefficient (Wildman–Crippen LogP) is 3.54. The number of amides is 1. The van der Waals surface area contributed by atoms with Crippen LogP contribution in [0.5, 0.6) is 11.5 Å². The molecule has 0 bridgehead atoms. The number of hydrogen-bond acceptors (Lipinski definition) is 6. The van der Waals surface area contributed by atoms with Crippen molar-refractivity contribution in [3.8, 4) is 11.5 Å². The van der Waals surface area contributed by atoms with Gasteiger partial charge in [0.05, 0.1) is 17.7 Å². The molecule has 0 atom stereocenters. The minimum absolute atomic E-state index is 0.0466. The van der Waals surface area contributed by atoms with Gasteiger partial charge in [-0.15, -0.1) is 0 Å². The number of rotatable bonds is 6. The molecule has 8 heteroatoms. The van der Waals surface area contributed by atoms with Gasteiger partial charge in [-0.1, -0.05) is 25.3 Å². The highest BCUT2D eigenvalue weighted by atomic mass is 16.5. The molecule has 1 amide bonds. The summed E-state index contributed by atoms with van der Waals surface area (Å²) in [4.78, 5) is 15.0. The molecule has 3 aromatic rings. The SMILES string of the molecule is O=C(c1cc2c(NC3CCCCC3)n[nH]c2cc1O)N1Cc2ccc(OCCO)cc2C1. The van der Waals surface area contributed by atoms with Gasteiger partial charge in [0.25, 0.3) is 5.91 Å². The molecule has 0 spiro atoms. The van der Waals surface area contributed by atoms with Crippen LogP contribution in [0.2, 0.25) is 0 Å². The molecule has 1 saturated carbocycles. The maximum absolute atomic E-state index is 13.3. The van der Waals surface area contributed by atoms with Gasteiger partial charge in [0.15, 0.2) is 5.82 Å². The first-order chi connectivity index (χ1) is 15.6. The third-order valence-electron chi connectivity index (χ3n) is 6.40. The van der Waals surface area contributed by atoms with Crippen LogP contribution >= 0.6 is 0 Å². The molecule has 1 fully saturated rings. The molecule has 5 rings (SSSR count). The maximum atomic E-state index is 13.3. The number of hydrogen-bond donors (Lipinski definition) is 4. The molecule has 0 unspecified atom stereocenters. The van der Waals surface area contributed by atoms with Gasteiger partial charge in [0, 0.05) is 30.6 Å². The number of carbonyl (C=O) groups is 1. The summed E-state index contributed by atoms with van der Waals surface area (Å²) < 4.78 is 5.48. The van der Waals surface area contributed by atoms with E-state index in [-0.39, 0.29) is 30.4 Å². The van der Waals surface area contributed by atoms with Crippen LogP contribution in [0.4, 0.5) is 5.82 Å². The van der Waals surface area contributed by atoms with E-state index in [4.69, 9.17) is 9.84 Å². The van der Waals surface area contributed by atoms with E-state index in [1.807, 2.05) is 18.2 Å². The second kappa shape index (κ2) is 8.70. The summed E-state index contributed by atoms with van der Waals surface area (Å²) in [7, 11) is 0. The first-order valence-corrected chi connectivity index (χ1v) is 11.2. The van der Waals surface area contributed by atoms with Crippen LogP contribution < -0.4 is 10.1 Å². The first-order valence-electron chi connectivity index (χ1n) is 11.2. The lowest BCUT2D eigenvalue weighted by Crippen LogP contribution is -2.25. The van der Waals surface area contributed by atoms with Gasteiger partial charge in [-0.3, -0.25) is 9.89 Å². The van der Waals surface area contributed by atoms with Crippen molar-refractivity contribution >= 4 is 22.6 Å². The van der Waals surface area contributed by atoms with Gasteiger partial charge in [0.2, 0.25) is 0 Å². The number of fused-ring (bicyclic) bond motifs is 2. The van der Waals surface area contributed by atoms with E-state index in [1.54, 1.807) is 17.0 Å². The number of carbonyl (C=O) groups excluding carboxylic acids is 1. The number of nitrogens with zero attached hydrogens (tertiary/aromatic N) is 2. The highest BCUT2D eigenvalue weighted by Crippen LogP contribution is 2.33. The summed E-state index contributed by atoms with van der Waals surface area (Å²) in [6.45, 7) is 1.11. The smallest absolute Gasteiger partial charge is 0.258 e. The number of aliphatic hydroxyl groups excluding tert-OH is 1. The Balaban J connectivity index is 1.37. The van der Waals surface area contributed by atoms with Crippen molar-refractivity contribution in [1.29, 1.82) is 0 Å². The highest BCUT2D eigenvalue weighted by Gasteiger charge is 2.27. The summed E-state index contributed by atoms with van der Waals surface area (Å²) in [5.41, 5.74) is 3.04. The first kappa shape index (κ1) is 20.6. The van der Waals surface area contributed by atoms with Crippen molar-refractivity contribution in [3.05, 3.63) is 47.0 Å². The monoisotopic (exact) mass is 436 g/mol. The Bertz CT molecular complexity index is 1140. The van der Waals surface area contributed by atoms with E-state index in [0.717, 1.165) is 35.2 Å². The van der Waals surface area contributed by atoms with Crippen molar-refractivity contribution in [3.63, 3.8) is 0 Å². The average Bonchev–Trinajstić information content (AvgIpc) is 3.41. The summed E-state index contributed by atoms with van der Waals surface area (Å²) in [6, 6.07) is 9.40. The molecular weight excluding hydrogens is 408 g/mol. The number of H-pyrrole nitrogens is 1. The molecule has 8 nitrogen and oxygen atoms in total. The van der Waals surface area contributed by atoms with Crippen LogP contribution in [0.1, 0.15) is 53.6 Å². The zero-order valence-corrected chi connectivity index (χ0v) is 17.9. The van der Waals surface area contributed by atoms with E-state index in [9.17, 15) is 9.90 Å². The van der Waals surface area contributed by atoms with Gasteiger partial charge < -0.3 is 25.2 Å². The van der Waals surface area contributed by atoms with E-state index >= 15 is 0 Å². The maximum Gasteiger partial charge on any atom is 0.258 e. The number of nitrogens with one attached hydrogen (secondary N) is 2. The van der Waals surface area contributed by atoms with Crippen LogP contribution in [0, 0.1) is 0 Å². The lowest BCUT2D eigenvalue weighted by atomic mass is 9.95. The number of aromatic hydroxyl groups is 1.